The summed E-state index contributed by atoms with van der Waals surface area (Å²) in [6, 6.07) is 12.9. The zero-order valence-electron chi connectivity index (χ0n) is 13.9. The molecule has 0 aliphatic carbocycles. The van der Waals surface area contributed by atoms with Crippen LogP contribution in [0.15, 0.2) is 53.7 Å². The third-order valence-electron chi connectivity index (χ3n) is 3.50. The normalized spacial score (nSPS) is 11.8. The Morgan fingerprint density at radius 2 is 2.07 bits per heavy atom. The van der Waals surface area contributed by atoms with Gasteiger partial charge in [0.2, 0.25) is 11.1 Å². The molecule has 1 amide bonds. The Bertz CT molecular complexity index is 996. The number of hydrogen-bond acceptors (Lipinski definition) is 7. The van der Waals surface area contributed by atoms with E-state index in [4.69, 9.17) is 11.6 Å². The highest BCUT2D eigenvalue weighted by Crippen LogP contribution is 2.27. The van der Waals surface area contributed by atoms with E-state index in [1.165, 1.54) is 22.9 Å². The molecular weight excluding hydrogens is 392 g/mol. The molecule has 9 nitrogen and oxygen atoms in total. The number of thioether (sulfide) groups is 1. The minimum absolute atomic E-state index is 0.134. The number of para-hydroxylation sites is 2. The number of rotatable bonds is 6. The van der Waals surface area contributed by atoms with Gasteiger partial charge in [-0.25, -0.2) is 0 Å². The molecule has 0 unspecified atom stereocenters. The van der Waals surface area contributed by atoms with Gasteiger partial charge in [0.1, 0.15) is 5.69 Å². The first-order valence-corrected chi connectivity index (χ1v) is 8.96. The monoisotopic (exact) mass is 404 g/mol. The van der Waals surface area contributed by atoms with Crippen molar-refractivity contribution in [2.45, 2.75) is 17.3 Å². The predicted molar refractivity (Wildman–Crippen MR) is 101 cm³/mol. The van der Waals surface area contributed by atoms with Crippen LogP contribution in [0.25, 0.3) is 5.69 Å². The number of anilines is 1. The van der Waals surface area contributed by atoms with Gasteiger partial charge in [0, 0.05) is 11.1 Å². The summed E-state index contributed by atoms with van der Waals surface area (Å²) in [5.74, 6) is -0.407. The SMILES string of the molecule is C[C@H](Sc1nnnn1-c1cccc(Cl)c1)C(=O)Nc1ccccc1[N+](=O)[O-]. The first-order valence-electron chi connectivity index (χ1n) is 7.71. The molecule has 3 rings (SSSR count). The highest BCUT2D eigenvalue weighted by Gasteiger charge is 2.22. The van der Waals surface area contributed by atoms with E-state index >= 15 is 0 Å². The molecule has 1 atom stereocenters. The summed E-state index contributed by atoms with van der Waals surface area (Å²) in [5, 5.41) is 25.4. The largest absolute Gasteiger partial charge is 0.319 e. The summed E-state index contributed by atoms with van der Waals surface area (Å²) in [7, 11) is 0. The number of nitrogens with one attached hydrogen (secondary N) is 1. The van der Waals surface area contributed by atoms with Crippen molar-refractivity contribution in [3.8, 4) is 5.69 Å². The zero-order valence-corrected chi connectivity index (χ0v) is 15.5. The van der Waals surface area contributed by atoms with Crippen LogP contribution in [0.4, 0.5) is 11.4 Å². The van der Waals surface area contributed by atoms with Gasteiger partial charge in [-0.15, -0.1) is 5.10 Å². The Kier molecular flexibility index (Phi) is 5.67. The van der Waals surface area contributed by atoms with Gasteiger partial charge in [0.05, 0.1) is 15.9 Å². The number of aromatic nitrogens is 4. The van der Waals surface area contributed by atoms with Gasteiger partial charge < -0.3 is 5.32 Å². The second-order valence-corrected chi connectivity index (χ2v) is 7.12. The van der Waals surface area contributed by atoms with Crippen molar-refractivity contribution >= 4 is 40.6 Å². The highest BCUT2D eigenvalue weighted by atomic mass is 35.5. The molecule has 11 heteroatoms. The first kappa shape index (κ1) is 18.8. The Morgan fingerprint density at radius 3 is 2.81 bits per heavy atom. The van der Waals surface area contributed by atoms with Crippen molar-refractivity contribution in [3.05, 3.63) is 63.7 Å². The minimum atomic E-state index is -0.603. The fourth-order valence-electron chi connectivity index (χ4n) is 2.21. The van der Waals surface area contributed by atoms with Crippen LogP contribution in [0.3, 0.4) is 0 Å². The van der Waals surface area contributed by atoms with E-state index in [0.717, 1.165) is 11.8 Å². The number of nitro benzene ring substituents is 1. The Labute approximate surface area is 162 Å². The molecule has 138 valence electrons. The van der Waals surface area contributed by atoms with Crippen molar-refractivity contribution in [3.63, 3.8) is 0 Å². The lowest BCUT2D eigenvalue weighted by atomic mass is 10.2. The number of carbonyl (C=O) groups is 1. The molecule has 0 bridgehead atoms. The maximum atomic E-state index is 12.5. The number of nitro groups is 1. The summed E-state index contributed by atoms with van der Waals surface area (Å²) in [5.41, 5.74) is 0.613. The fraction of sp³-hybridized carbons (Fsp3) is 0.125. The number of tetrazole rings is 1. The van der Waals surface area contributed by atoms with Gasteiger partial charge >= 0.3 is 0 Å². The number of benzene rings is 2. The molecule has 1 heterocycles. The maximum absolute atomic E-state index is 12.5. The topological polar surface area (TPSA) is 116 Å². The predicted octanol–water partition coefficient (Wildman–Crippen LogP) is 3.34. The highest BCUT2D eigenvalue weighted by molar-refractivity contribution is 8.00. The van der Waals surface area contributed by atoms with Crippen molar-refractivity contribution < 1.29 is 9.72 Å². The number of hydrogen-bond donors (Lipinski definition) is 1. The lowest BCUT2D eigenvalue weighted by Crippen LogP contribution is -2.23. The van der Waals surface area contributed by atoms with E-state index < -0.39 is 16.1 Å². The molecule has 0 aliphatic rings. The van der Waals surface area contributed by atoms with Gasteiger partial charge in [0.15, 0.2) is 0 Å². The molecule has 0 saturated heterocycles. The molecule has 0 fully saturated rings. The van der Waals surface area contributed by atoms with Crippen molar-refractivity contribution in [2.75, 3.05) is 5.32 Å². The third-order valence-corrected chi connectivity index (χ3v) is 4.77. The lowest BCUT2D eigenvalue weighted by Gasteiger charge is -2.12. The molecule has 0 aliphatic heterocycles. The van der Waals surface area contributed by atoms with Crippen molar-refractivity contribution in [2.24, 2.45) is 0 Å². The maximum Gasteiger partial charge on any atom is 0.292 e. The summed E-state index contributed by atoms with van der Waals surface area (Å²) in [4.78, 5) is 23.0. The second kappa shape index (κ2) is 8.14. The molecule has 1 N–H and O–H groups in total. The van der Waals surface area contributed by atoms with Gasteiger partial charge in [-0.2, -0.15) is 4.68 Å². The molecule has 3 aromatic rings. The van der Waals surface area contributed by atoms with Crippen LogP contribution in [0, 0.1) is 10.1 Å². The van der Waals surface area contributed by atoms with E-state index in [0.29, 0.717) is 15.9 Å². The molecule has 0 saturated carbocycles. The summed E-state index contributed by atoms with van der Waals surface area (Å²) >= 11 is 7.11. The third kappa shape index (κ3) is 4.41. The molecule has 1 aromatic heterocycles. The van der Waals surface area contributed by atoms with Crippen LogP contribution in [0.2, 0.25) is 5.02 Å². The van der Waals surface area contributed by atoms with Crippen LogP contribution in [-0.2, 0) is 4.79 Å². The number of amides is 1. The number of carbonyl (C=O) groups excluding carboxylic acids is 1. The van der Waals surface area contributed by atoms with E-state index in [1.807, 2.05) is 0 Å². The van der Waals surface area contributed by atoms with Gasteiger partial charge in [-0.1, -0.05) is 41.6 Å². The van der Waals surface area contributed by atoms with Crippen LogP contribution >= 0.6 is 23.4 Å². The van der Waals surface area contributed by atoms with E-state index in [1.54, 1.807) is 37.3 Å². The molecule has 0 radical (unpaired) electrons. The van der Waals surface area contributed by atoms with Crippen LogP contribution in [0.5, 0.6) is 0 Å². The van der Waals surface area contributed by atoms with Gasteiger partial charge in [-0.3, -0.25) is 14.9 Å². The molecule has 0 spiro atoms. The Hall–Kier alpha value is -2.98. The van der Waals surface area contributed by atoms with E-state index in [2.05, 4.69) is 20.8 Å². The smallest absolute Gasteiger partial charge is 0.292 e. The zero-order chi connectivity index (χ0) is 19.4. The molecule has 27 heavy (non-hydrogen) atoms. The average molecular weight is 405 g/mol. The van der Waals surface area contributed by atoms with E-state index in [9.17, 15) is 14.9 Å². The van der Waals surface area contributed by atoms with Crippen LogP contribution in [0.1, 0.15) is 6.92 Å². The lowest BCUT2D eigenvalue weighted by molar-refractivity contribution is -0.383. The van der Waals surface area contributed by atoms with Crippen LogP contribution < -0.4 is 5.32 Å². The standard InChI is InChI=1S/C16H13ClN6O3S/c1-10(15(24)18-13-7-2-3-8-14(13)23(25)26)27-16-19-20-21-22(16)12-6-4-5-11(17)9-12/h2-10H,1H3,(H,18,24)/t10-/m0/s1. The van der Waals surface area contributed by atoms with Gasteiger partial charge in [-0.05, 0) is 41.6 Å². The van der Waals surface area contributed by atoms with Gasteiger partial charge in [0.25, 0.3) is 5.69 Å². The summed E-state index contributed by atoms with van der Waals surface area (Å²) < 4.78 is 1.46. The summed E-state index contributed by atoms with van der Waals surface area (Å²) in [6.07, 6.45) is 0. The van der Waals surface area contributed by atoms with Crippen molar-refractivity contribution in [1.82, 2.24) is 20.2 Å². The Morgan fingerprint density at radius 1 is 1.30 bits per heavy atom. The van der Waals surface area contributed by atoms with Crippen molar-refractivity contribution in [1.29, 1.82) is 0 Å². The Balaban J connectivity index is 1.75. The molecular formula is C16H13ClN6O3S. The number of halogens is 1. The summed E-state index contributed by atoms with van der Waals surface area (Å²) in [6.45, 7) is 1.66. The number of nitrogens with zero attached hydrogens (tertiary/aromatic N) is 5. The fourth-order valence-corrected chi connectivity index (χ4v) is 3.20. The van der Waals surface area contributed by atoms with E-state index in [-0.39, 0.29) is 11.4 Å². The van der Waals surface area contributed by atoms with Crippen LogP contribution in [-0.4, -0.2) is 36.3 Å². The molecule has 2 aromatic carbocycles. The quantitative estimate of drug-likeness (QED) is 0.380. The average Bonchev–Trinajstić information content (AvgIpc) is 3.10. The first-order chi connectivity index (χ1) is 13.0. The minimum Gasteiger partial charge on any atom is -0.319 e. The second-order valence-electron chi connectivity index (χ2n) is 5.38.